The molecule has 2 nitrogen and oxygen atoms in total. The summed E-state index contributed by atoms with van der Waals surface area (Å²) in [4.78, 5) is 11.8. The van der Waals surface area contributed by atoms with Crippen molar-refractivity contribution < 1.29 is 4.79 Å². The third kappa shape index (κ3) is 1.67. The number of rotatable bonds is 1. The molecule has 1 aromatic carbocycles. The number of carbonyl (C=O) groups excluding carboxylic acids is 1. The summed E-state index contributed by atoms with van der Waals surface area (Å²) >= 11 is 0. The lowest BCUT2D eigenvalue weighted by molar-refractivity contribution is -0.116. The number of hydrogen-bond donors (Lipinski definition) is 1. The van der Waals surface area contributed by atoms with Crippen LogP contribution < -0.4 is 5.32 Å². The number of hydrogen-bond acceptors (Lipinski definition) is 1. The Bertz CT molecular complexity index is 467. The van der Waals surface area contributed by atoms with Gasteiger partial charge in [-0.25, -0.2) is 0 Å². The molecule has 1 aliphatic heterocycles. The fourth-order valence-corrected chi connectivity index (χ4v) is 2.06. The largest absolute Gasteiger partial charge is 0.341 e. The molecule has 82 valence electrons. The molecule has 1 fully saturated rings. The van der Waals surface area contributed by atoms with E-state index in [0.717, 1.165) is 22.3 Å². The predicted octanol–water partition coefficient (Wildman–Crippen LogP) is 2.75. The van der Waals surface area contributed by atoms with E-state index in [1.165, 1.54) is 0 Å². The average molecular weight is 213 g/mol. The second-order valence-corrected chi connectivity index (χ2v) is 4.22. The van der Waals surface area contributed by atoms with Crippen LogP contribution in [0.3, 0.4) is 0 Å². The van der Waals surface area contributed by atoms with Gasteiger partial charge < -0.3 is 5.32 Å². The normalized spacial score (nSPS) is 19.9. The van der Waals surface area contributed by atoms with E-state index < -0.39 is 0 Å². The van der Waals surface area contributed by atoms with Crippen LogP contribution in [0.15, 0.2) is 53.6 Å². The van der Waals surface area contributed by atoms with E-state index in [0.29, 0.717) is 0 Å². The molecule has 0 saturated carbocycles. The highest BCUT2D eigenvalue weighted by Crippen LogP contribution is 2.33. The SMILES string of the molecule is C=C1C(=C(C)C)C(=O)N[C@@H]1c1ccccc1. The van der Waals surface area contributed by atoms with E-state index >= 15 is 0 Å². The Labute approximate surface area is 95.7 Å². The molecule has 0 bridgehead atoms. The van der Waals surface area contributed by atoms with Crippen LogP contribution in [0, 0.1) is 0 Å². The Morgan fingerprint density at radius 3 is 2.38 bits per heavy atom. The molecule has 2 rings (SSSR count). The molecule has 0 radical (unpaired) electrons. The van der Waals surface area contributed by atoms with Crippen LogP contribution >= 0.6 is 0 Å². The third-order valence-electron chi connectivity index (χ3n) is 2.80. The zero-order chi connectivity index (χ0) is 11.7. The minimum absolute atomic E-state index is 0.0150. The zero-order valence-corrected chi connectivity index (χ0v) is 9.58. The maximum Gasteiger partial charge on any atom is 0.252 e. The van der Waals surface area contributed by atoms with Gasteiger partial charge in [-0.15, -0.1) is 0 Å². The first-order valence-corrected chi connectivity index (χ1v) is 5.33. The van der Waals surface area contributed by atoms with Crippen molar-refractivity contribution in [1.29, 1.82) is 0 Å². The molecule has 0 spiro atoms. The monoisotopic (exact) mass is 213 g/mol. The van der Waals surface area contributed by atoms with Crippen LogP contribution in [0.5, 0.6) is 0 Å². The average Bonchev–Trinajstić information content (AvgIpc) is 2.55. The molecular weight excluding hydrogens is 198 g/mol. The van der Waals surface area contributed by atoms with E-state index in [1.54, 1.807) is 0 Å². The molecule has 2 heteroatoms. The first kappa shape index (κ1) is 10.7. The van der Waals surface area contributed by atoms with Crippen molar-refractivity contribution in [3.8, 4) is 0 Å². The molecule has 0 aromatic heterocycles. The highest BCUT2D eigenvalue weighted by atomic mass is 16.2. The van der Waals surface area contributed by atoms with E-state index in [2.05, 4.69) is 11.9 Å². The highest BCUT2D eigenvalue weighted by Gasteiger charge is 2.31. The van der Waals surface area contributed by atoms with Gasteiger partial charge in [0.25, 0.3) is 5.91 Å². The first-order valence-electron chi connectivity index (χ1n) is 5.33. The second-order valence-electron chi connectivity index (χ2n) is 4.22. The molecule has 1 amide bonds. The van der Waals surface area contributed by atoms with Gasteiger partial charge >= 0.3 is 0 Å². The number of benzene rings is 1. The molecule has 1 aromatic rings. The molecular formula is C14H15NO. The summed E-state index contributed by atoms with van der Waals surface area (Å²) < 4.78 is 0. The van der Waals surface area contributed by atoms with Crippen molar-refractivity contribution in [3.63, 3.8) is 0 Å². The minimum Gasteiger partial charge on any atom is -0.341 e. The van der Waals surface area contributed by atoms with Crippen molar-refractivity contribution in [3.05, 3.63) is 59.2 Å². The van der Waals surface area contributed by atoms with Crippen molar-refractivity contribution in [1.82, 2.24) is 5.32 Å². The molecule has 16 heavy (non-hydrogen) atoms. The van der Waals surface area contributed by atoms with Crippen LogP contribution in [0.4, 0.5) is 0 Å². The lowest BCUT2D eigenvalue weighted by atomic mass is 9.96. The van der Waals surface area contributed by atoms with E-state index in [9.17, 15) is 4.79 Å². The van der Waals surface area contributed by atoms with Gasteiger partial charge in [-0.05, 0) is 25.0 Å². The summed E-state index contributed by atoms with van der Waals surface area (Å²) in [6.07, 6.45) is 0. The van der Waals surface area contributed by atoms with Gasteiger partial charge in [0.1, 0.15) is 0 Å². The quantitative estimate of drug-likeness (QED) is 0.714. The van der Waals surface area contributed by atoms with Crippen molar-refractivity contribution >= 4 is 5.91 Å². The van der Waals surface area contributed by atoms with Gasteiger partial charge in [0.2, 0.25) is 0 Å². The molecule has 1 aliphatic rings. The van der Waals surface area contributed by atoms with Crippen LogP contribution in [0.25, 0.3) is 0 Å². The summed E-state index contributed by atoms with van der Waals surface area (Å²) in [6, 6.07) is 9.84. The number of nitrogens with one attached hydrogen (secondary N) is 1. The van der Waals surface area contributed by atoms with E-state index in [-0.39, 0.29) is 11.9 Å². The van der Waals surface area contributed by atoms with Crippen LogP contribution in [0.1, 0.15) is 25.5 Å². The Morgan fingerprint density at radius 2 is 1.88 bits per heavy atom. The maximum atomic E-state index is 11.8. The number of carbonyl (C=O) groups is 1. The summed E-state index contributed by atoms with van der Waals surface area (Å²) in [5.41, 5.74) is 3.71. The molecule has 0 aliphatic carbocycles. The molecule has 1 heterocycles. The van der Waals surface area contributed by atoms with Crippen molar-refractivity contribution in [2.45, 2.75) is 19.9 Å². The molecule has 1 N–H and O–H groups in total. The fourth-order valence-electron chi connectivity index (χ4n) is 2.06. The topological polar surface area (TPSA) is 29.1 Å². The van der Waals surface area contributed by atoms with E-state index in [4.69, 9.17) is 0 Å². The summed E-state index contributed by atoms with van der Waals surface area (Å²) in [5.74, 6) is -0.0150. The van der Waals surface area contributed by atoms with Gasteiger partial charge in [-0.2, -0.15) is 0 Å². The zero-order valence-electron chi connectivity index (χ0n) is 9.58. The summed E-state index contributed by atoms with van der Waals surface area (Å²) in [6.45, 7) is 7.90. The van der Waals surface area contributed by atoms with Gasteiger partial charge in [0, 0.05) is 5.57 Å². The Kier molecular flexibility index (Phi) is 2.65. The molecule has 0 unspecified atom stereocenters. The minimum atomic E-state index is -0.0707. The first-order chi connectivity index (χ1) is 7.61. The lowest BCUT2D eigenvalue weighted by Crippen LogP contribution is -2.19. The fraction of sp³-hybridized carbons (Fsp3) is 0.214. The predicted molar refractivity (Wildman–Crippen MR) is 64.8 cm³/mol. The van der Waals surface area contributed by atoms with Crippen molar-refractivity contribution in [2.24, 2.45) is 0 Å². The smallest absolute Gasteiger partial charge is 0.252 e. The Morgan fingerprint density at radius 1 is 1.25 bits per heavy atom. The lowest BCUT2D eigenvalue weighted by Gasteiger charge is -2.11. The summed E-state index contributed by atoms with van der Waals surface area (Å²) in [7, 11) is 0. The standard InChI is InChI=1S/C14H15NO/c1-9(2)12-10(3)13(15-14(12)16)11-7-5-4-6-8-11/h4-8,13H,3H2,1-2H3,(H,15,16)/t13-/m0/s1. The van der Waals surface area contributed by atoms with Crippen LogP contribution in [-0.2, 0) is 4.79 Å². The van der Waals surface area contributed by atoms with Crippen LogP contribution in [0.2, 0.25) is 0 Å². The van der Waals surface area contributed by atoms with E-state index in [1.807, 2.05) is 44.2 Å². The number of allylic oxidation sites excluding steroid dienone is 1. The molecule has 1 atom stereocenters. The van der Waals surface area contributed by atoms with Gasteiger partial charge in [-0.3, -0.25) is 4.79 Å². The van der Waals surface area contributed by atoms with Gasteiger partial charge in [0.15, 0.2) is 0 Å². The number of amides is 1. The Hall–Kier alpha value is -1.83. The van der Waals surface area contributed by atoms with Crippen LogP contribution in [-0.4, -0.2) is 5.91 Å². The third-order valence-corrected chi connectivity index (χ3v) is 2.80. The van der Waals surface area contributed by atoms with Gasteiger partial charge in [0.05, 0.1) is 6.04 Å². The van der Waals surface area contributed by atoms with Crippen molar-refractivity contribution in [2.75, 3.05) is 0 Å². The molecule has 1 saturated heterocycles. The Balaban J connectivity index is 2.40. The summed E-state index contributed by atoms with van der Waals surface area (Å²) in [5, 5.41) is 2.96. The second kappa shape index (κ2) is 3.97. The van der Waals surface area contributed by atoms with Gasteiger partial charge in [-0.1, -0.05) is 42.5 Å². The maximum absolute atomic E-state index is 11.8. The highest BCUT2D eigenvalue weighted by molar-refractivity contribution is 6.02.